The maximum Gasteiger partial charge on any atom is 0.301 e. The Morgan fingerprint density at radius 2 is 1.92 bits per heavy atom. The Hall–Kier alpha value is -0.170. The second kappa shape index (κ2) is 8.43. The van der Waals surface area contributed by atoms with E-state index in [1.165, 1.54) is 7.05 Å². The Labute approximate surface area is 89.2 Å². The van der Waals surface area contributed by atoms with Crippen molar-refractivity contribution >= 4 is 33.9 Å². The van der Waals surface area contributed by atoms with Gasteiger partial charge in [-0.15, -0.1) is 17.0 Å². The molecule has 0 rings (SSSR count). The summed E-state index contributed by atoms with van der Waals surface area (Å²) in [5.74, 6) is -1.21. The molecule has 2 nitrogen and oxygen atoms in total. The Kier molecular flexibility index (Phi) is 9.93. The van der Waals surface area contributed by atoms with Crippen LogP contribution in [0.1, 0.15) is 6.42 Å². The van der Waals surface area contributed by atoms with Gasteiger partial charge in [0.1, 0.15) is 0 Å². The van der Waals surface area contributed by atoms with Gasteiger partial charge in [0.15, 0.2) is 11.0 Å². The first-order valence-corrected chi connectivity index (χ1v) is 4.11. The second-order valence-corrected chi connectivity index (χ2v) is 2.94. The van der Waals surface area contributed by atoms with E-state index >= 15 is 0 Å². The molecule has 78 valence electrons. The van der Waals surface area contributed by atoms with Gasteiger partial charge in [-0.25, -0.2) is 4.39 Å². The zero-order valence-corrected chi connectivity index (χ0v) is 9.42. The fourth-order valence-electron chi connectivity index (χ4n) is 0.404. The number of hydrogen-bond acceptors (Lipinski definition) is 2. The molecule has 13 heavy (non-hydrogen) atoms. The largest absolute Gasteiger partial charge is 0.379 e. The highest BCUT2D eigenvalue weighted by molar-refractivity contribution is 8.93. The van der Waals surface area contributed by atoms with E-state index < -0.39 is 11.9 Å². The van der Waals surface area contributed by atoms with Gasteiger partial charge in [0.05, 0.1) is 0 Å². The molecule has 0 amide bonds. The third-order valence-electron chi connectivity index (χ3n) is 0.997. The van der Waals surface area contributed by atoms with E-state index in [-0.39, 0.29) is 34.3 Å². The van der Waals surface area contributed by atoms with Gasteiger partial charge in [-0.2, -0.15) is 8.78 Å². The minimum Gasteiger partial charge on any atom is -0.379 e. The molecule has 7 heteroatoms. The SMILES string of the molecule is Br.CN=C(N)SCCC(F)=C(F)F. The van der Waals surface area contributed by atoms with Gasteiger partial charge in [-0.05, 0) is 0 Å². The molecule has 0 aliphatic heterocycles. The van der Waals surface area contributed by atoms with Crippen molar-refractivity contribution in [3.05, 3.63) is 11.9 Å². The molecule has 0 aliphatic rings. The van der Waals surface area contributed by atoms with Gasteiger partial charge in [0.25, 0.3) is 0 Å². The van der Waals surface area contributed by atoms with E-state index in [4.69, 9.17) is 5.73 Å². The van der Waals surface area contributed by atoms with E-state index in [2.05, 4.69) is 4.99 Å². The number of allylic oxidation sites excluding steroid dienone is 1. The van der Waals surface area contributed by atoms with Crippen molar-refractivity contribution in [1.82, 2.24) is 0 Å². The van der Waals surface area contributed by atoms with Crippen LogP contribution in [-0.4, -0.2) is 18.0 Å². The van der Waals surface area contributed by atoms with Crippen LogP contribution in [0, 0.1) is 0 Å². The third kappa shape index (κ3) is 8.17. The second-order valence-electron chi connectivity index (χ2n) is 1.83. The zero-order valence-electron chi connectivity index (χ0n) is 6.89. The summed E-state index contributed by atoms with van der Waals surface area (Å²) < 4.78 is 35.1. The summed E-state index contributed by atoms with van der Waals surface area (Å²) in [6.45, 7) is 0. The first-order chi connectivity index (χ1) is 5.57. The lowest BCUT2D eigenvalue weighted by molar-refractivity contribution is 0.373. The van der Waals surface area contributed by atoms with Crippen molar-refractivity contribution in [2.24, 2.45) is 10.7 Å². The van der Waals surface area contributed by atoms with Crippen LogP contribution in [0.2, 0.25) is 0 Å². The fraction of sp³-hybridized carbons (Fsp3) is 0.500. The van der Waals surface area contributed by atoms with Gasteiger partial charge in [0, 0.05) is 19.2 Å². The molecule has 0 unspecified atom stereocenters. The molecule has 2 N–H and O–H groups in total. The van der Waals surface area contributed by atoms with E-state index in [9.17, 15) is 13.2 Å². The lowest BCUT2D eigenvalue weighted by Crippen LogP contribution is -2.06. The summed E-state index contributed by atoms with van der Waals surface area (Å²) in [6, 6.07) is 0. The predicted molar refractivity (Wildman–Crippen MR) is 55.3 cm³/mol. The van der Waals surface area contributed by atoms with Gasteiger partial charge >= 0.3 is 6.08 Å². The molecular weight excluding hydrogens is 269 g/mol. The number of aliphatic imine (C=N–C) groups is 1. The highest BCUT2D eigenvalue weighted by Gasteiger charge is 2.04. The van der Waals surface area contributed by atoms with Crippen LogP contribution < -0.4 is 5.73 Å². The van der Waals surface area contributed by atoms with E-state index in [0.717, 1.165) is 11.8 Å². The molecule has 0 heterocycles. The lowest BCUT2D eigenvalue weighted by atomic mass is 10.4. The Morgan fingerprint density at radius 3 is 2.31 bits per heavy atom. The van der Waals surface area contributed by atoms with Crippen LogP contribution in [0.3, 0.4) is 0 Å². The Bertz CT molecular complexity index is 204. The van der Waals surface area contributed by atoms with Crippen molar-refractivity contribution in [2.75, 3.05) is 12.8 Å². The summed E-state index contributed by atoms with van der Waals surface area (Å²) >= 11 is 1.04. The van der Waals surface area contributed by atoms with Crippen LogP contribution in [-0.2, 0) is 0 Å². The quantitative estimate of drug-likeness (QED) is 0.637. The fourth-order valence-corrected chi connectivity index (χ4v) is 1.02. The minimum atomic E-state index is -2.26. The molecule has 0 bridgehead atoms. The number of amidine groups is 1. The lowest BCUT2D eigenvalue weighted by Gasteiger charge is -1.96. The number of nitrogens with zero attached hydrogens (tertiary/aromatic N) is 1. The topological polar surface area (TPSA) is 38.4 Å². The zero-order chi connectivity index (χ0) is 9.56. The summed E-state index contributed by atoms with van der Waals surface area (Å²) in [5, 5.41) is 0.266. The molecule has 0 spiro atoms. The van der Waals surface area contributed by atoms with Crippen LogP contribution in [0.4, 0.5) is 13.2 Å². The number of nitrogens with two attached hydrogens (primary N) is 1. The maximum atomic E-state index is 12.1. The van der Waals surface area contributed by atoms with Gasteiger partial charge < -0.3 is 5.73 Å². The number of halogens is 4. The Morgan fingerprint density at radius 1 is 1.38 bits per heavy atom. The van der Waals surface area contributed by atoms with Crippen LogP contribution in [0.25, 0.3) is 0 Å². The first kappa shape index (κ1) is 15.3. The van der Waals surface area contributed by atoms with Crippen molar-refractivity contribution in [3.63, 3.8) is 0 Å². The highest BCUT2D eigenvalue weighted by atomic mass is 79.9. The molecule has 0 saturated heterocycles. The molecule has 0 fully saturated rings. The van der Waals surface area contributed by atoms with Crippen LogP contribution in [0.15, 0.2) is 16.9 Å². The molecular formula is C6H10BrF3N2S. The van der Waals surface area contributed by atoms with Gasteiger partial charge in [-0.1, -0.05) is 11.8 Å². The smallest absolute Gasteiger partial charge is 0.301 e. The molecule has 0 aromatic rings. The highest BCUT2D eigenvalue weighted by Crippen LogP contribution is 2.15. The van der Waals surface area contributed by atoms with Crippen molar-refractivity contribution in [3.8, 4) is 0 Å². The van der Waals surface area contributed by atoms with Crippen molar-refractivity contribution in [1.29, 1.82) is 0 Å². The minimum absolute atomic E-state index is 0. The molecule has 0 saturated carbocycles. The van der Waals surface area contributed by atoms with E-state index in [0.29, 0.717) is 0 Å². The number of hydrogen-bond donors (Lipinski definition) is 1. The molecule has 0 aromatic carbocycles. The predicted octanol–water partition coefficient (Wildman–Crippen LogP) is 2.71. The molecule has 0 aromatic heterocycles. The first-order valence-electron chi connectivity index (χ1n) is 3.12. The number of rotatable bonds is 3. The van der Waals surface area contributed by atoms with Gasteiger partial charge in [-0.3, -0.25) is 4.99 Å². The maximum absolute atomic E-state index is 12.1. The third-order valence-corrected chi connectivity index (χ3v) is 1.88. The summed E-state index contributed by atoms with van der Waals surface area (Å²) in [6.07, 6.45) is -2.58. The van der Waals surface area contributed by atoms with Crippen molar-refractivity contribution in [2.45, 2.75) is 6.42 Å². The van der Waals surface area contributed by atoms with E-state index in [1.807, 2.05) is 0 Å². The van der Waals surface area contributed by atoms with Crippen LogP contribution in [0.5, 0.6) is 0 Å². The number of thioether (sulfide) groups is 1. The Balaban J connectivity index is 0. The standard InChI is InChI=1S/C6H9F3N2S.BrH/c1-11-6(10)12-3-2-4(7)5(8)9;/h2-3H2,1H3,(H2,10,11);1H. The molecule has 0 radical (unpaired) electrons. The molecule has 0 atom stereocenters. The summed E-state index contributed by atoms with van der Waals surface area (Å²) in [7, 11) is 1.48. The average Bonchev–Trinajstić information content (AvgIpc) is 2.03. The van der Waals surface area contributed by atoms with Crippen molar-refractivity contribution < 1.29 is 13.2 Å². The molecule has 0 aliphatic carbocycles. The summed E-state index contributed by atoms with van der Waals surface area (Å²) in [5.41, 5.74) is 5.22. The normalized spacial score (nSPS) is 10.6. The van der Waals surface area contributed by atoms with Gasteiger partial charge in [0.2, 0.25) is 0 Å². The van der Waals surface area contributed by atoms with E-state index in [1.54, 1.807) is 0 Å². The van der Waals surface area contributed by atoms with Crippen LogP contribution >= 0.6 is 28.7 Å². The monoisotopic (exact) mass is 278 g/mol. The average molecular weight is 279 g/mol. The summed E-state index contributed by atoms with van der Waals surface area (Å²) in [4.78, 5) is 3.56.